The summed E-state index contributed by atoms with van der Waals surface area (Å²) < 4.78 is 38.0. The molecule has 44 heavy (non-hydrogen) atoms. The highest BCUT2D eigenvalue weighted by Gasteiger charge is 2.63. The van der Waals surface area contributed by atoms with E-state index in [1.807, 2.05) is 13.8 Å². The Labute approximate surface area is 253 Å². The molecule has 236 valence electrons. The van der Waals surface area contributed by atoms with E-state index >= 15 is 0 Å². The molecule has 2 unspecified atom stereocenters. The van der Waals surface area contributed by atoms with Gasteiger partial charge in [-0.25, -0.2) is 9.59 Å². The largest absolute Gasteiger partial charge is 0.383 e. The third kappa shape index (κ3) is 5.28. The number of terminal acetylenes is 2. The quantitative estimate of drug-likeness (QED) is 0.390. The Kier molecular flexibility index (Phi) is 8.87. The summed E-state index contributed by atoms with van der Waals surface area (Å²) in [6.07, 6.45) is 12.3. The fourth-order valence-corrected chi connectivity index (χ4v) is 6.20. The van der Waals surface area contributed by atoms with Crippen LogP contribution in [-0.4, -0.2) is 81.1 Å². The monoisotopic (exact) mass is 611 g/mol. The maximum absolute atomic E-state index is 12.1. The van der Waals surface area contributed by atoms with Crippen molar-refractivity contribution >= 4 is 5.82 Å². The van der Waals surface area contributed by atoms with Crippen molar-refractivity contribution in [2.45, 2.75) is 88.6 Å². The van der Waals surface area contributed by atoms with E-state index in [9.17, 15) is 14.4 Å². The maximum Gasteiger partial charge on any atom is 0.351 e. The van der Waals surface area contributed by atoms with Gasteiger partial charge in [0.25, 0.3) is 5.56 Å². The van der Waals surface area contributed by atoms with Gasteiger partial charge in [-0.2, -0.15) is 4.98 Å². The summed E-state index contributed by atoms with van der Waals surface area (Å²) in [6.45, 7) is 8.54. The smallest absolute Gasteiger partial charge is 0.351 e. The number of ether oxygens (including phenoxy) is 6. The molecule has 0 aromatic carbocycles. The first kappa shape index (κ1) is 31.7. The van der Waals surface area contributed by atoms with Crippen molar-refractivity contribution < 1.29 is 28.4 Å². The predicted molar refractivity (Wildman–Crippen MR) is 157 cm³/mol. The van der Waals surface area contributed by atoms with Crippen molar-refractivity contribution in [3.63, 3.8) is 0 Å². The van der Waals surface area contributed by atoms with E-state index in [1.165, 1.54) is 15.3 Å². The number of nitrogens with zero attached hydrogens (tertiary/aromatic N) is 3. The molecule has 4 fully saturated rings. The first-order valence-corrected chi connectivity index (χ1v) is 14.4. The normalized spacial score (nSPS) is 33.0. The summed E-state index contributed by atoms with van der Waals surface area (Å²) in [4.78, 5) is 41.8. The maximum atomic E-state index is 12.1. The third-order valence-electron chi connectivity index (χ3n) is 8.70. The lowest BCUT2D eigenvalue weighted by molar-refractivity contribution is -0.176. The van der Waals surface area contributed by atoms with Gasteiger partial charge < -0.3 is 34.2 Å². The molecule has 6 heterocycles. The molecule has 0 spiro atoms. The van der Waals surface area contributed by atoms with Crippen molar-refractivity contribution in [2.24, 2.45) is 0 Å². The fourth-order valence-electron chi connectivity index (χ4n) is 6.20. The number of hydrogen-bond donors (Lipinski definition) is 2. The minimum atomic E-state index is -0.639. The lowest BCUT2D eigenvalue weighted by Gasteiger charge is -2.30. The number of H-pyrrole nitrogens is 1. The Bertz CT molecular complexity index is 1650. The van der Waals surface area contributed by atoms with Crippen LogP contribution in [0.1, 0.15) is 50.3 Å². The topological polar surface area (TPSA) is 171 Å². The molecule has 6 rings (SSSR count). The zero-order valence-electron chi connectivity index (χ0n) is 25.1. The van der Waals surface area contributed by atoms with Crippen molar-refractivity contribution in [1.82, 2.24) is 19.1 Å². The summed E-state index contributed by atoms with van der Waals surface area (Å²) in [5.41, 5.74) is 4.20. The van der Waals surface area contributed by atoms with E-state index in [0.29, 0.717) is 37.2 Å². The van der Waals surface area contributed by atoms with Gasteiger partial charge in [0.2, 0.25) is 0 Å². The lowest BCUT2D eigenvalue weighted by Crippen LogP contribution is -2.42. The zero-order chi connectivity index (χ0) is 31.8. The van der Waals surface area contributed by atoms with Crippen LogP contribution >= 0.6 is 0 Å². The molecular formula is C30H37N5O9. The molecular weight excluding hydrogens is 574 g/mol. The molecule has 2 aromatic rings. The Hall–Kier alpha value is -3.76. The van der Waals surface area contributed by atoms with Crippen LogP contribution in [0.15, 0.2) is 26.8 Å². The fraction of sp³-hybridized carbons (Fsp3) is 0.600. The van der Waals surface area contributed by atoms with Crippen LogP contribution < -0.4 is 22.7 Å². The number of aryl methyl sites for hydroxylation is 2. The summed E-state index contributed by atoms with van der Waals surface area (Å²) in [7, 11) is 0. The molecule has 3 N–H and O–H groups in total. The van der Waals surface area contributed by atoms with Crippen molar-refractivity contribution in [2.75, 3.05) is 32.2 Å². The summed E-state index contributed by atoms with van der Waals surface area (Å²) in [6, 6.07) is 0. The van der Waals surface area contributed by atoms with E-state index in [4.69, 9.17) is 47.0 Å². The first-order chi connectivity index (χ1) is 21.0. The summed E-state index contributed by atoms with van der Waals surface area (Å²) in [5, 5.41) is 0. The van der Waals surface area contributed by atoms with Gasteiger partial charge in [-0.15, -0.1) is 12.8 Å². The molecule has 14 nitrogen and oxygen atoms in total. The number of aromatic amines is 1. The van der Waals surface area contributed by atoms with Gasteiger partial charge in [-0.3, -0.25) is 18.9 Å². The van der Waals surface area contributed by atoms with Gasteiger partial charge in [-0.1, -0.05) is 25.7 Å². The minimum Gasteiger partial charge on any atom is -0.383 e. The van der Waals surface area contributed by atoms with E-state index < -0.39 is 52.8 Å². The van der Waals surface area contributed by atoms with Crippen molar-refractivity contribution in [3.8, 4) is 24.7 Å². The highest BCUT2D eigenvalue weighted by molar-refractivity contribution is 5.35. The molecule has 4 aliphatic heterocycles. The molecule has 2 aromatic heterocycles. The number of fused-ring (bicyclic) bond motifs is 4. The van der Waals surface area contributed by atoms with Gasteiger partial charge in [0.15, 0.2) is 12.5 Å². The van der Waals surface area contributed by atoms with Crippen LogP contribution in [0.4, 0.5) is 5.82 Å². The highest BCUT2D eigenvalue weighted by atomic mass is 16.7. The average molecular weight is 612 g/mol. The number of nitrogen functional groups attached to an aromatic ring is 1. The van der Waals surface area contributed by atoms with Gasteiger partial charge in [-0.05, 0) is 26.7 Å². The van der Waals surface area contributed by atoms with Gasteiger partial charge in [0, 0.05) is 23.5 Å². The number of nitrogens with one attached hydrogen (secondary N) is 1. The second-order valence-corrected chi connectivity index (χ2v) is 11.3. The molecule has 8 atom stereocenters. The molecule has 4 bridgehead atoms. The van der Waals surface area contributed by atoms with Gasteiger partial charge >= 0.3 is 11.4 Å². The van der Waals surface area contributed by atoms with Gasteiger partial charge in [0.1, 0.15) is 54.6 Å². The average Bonchev–Trinajstić information content (AvgIpc) is 3.73. The van der Waals surface area contributed by atoms with Crippen molar-refractivity contribution in [1.29, 1.82) is 0 Å². The van der Waals surface area contributed by atoms with Crippen LogP contribution in [0.2, 0.25) is 0 Å². The number of hydrogen-bond acceptors (Lipinski definition) is 11. The van der Waals surface area contributed by atoms with E-state index in [-0.39, 0.29) is 31.2 Å². The standard InChI is InChI=1S/C15H19N3O4.C15H18N2O5/c1-4-6-20-11-10-13(22-15(11,5-2)8-21-10)18-7-9(3)12(16)17-14(18)19;1-4-6-20-11-10-13(22-15(11,5-2)8-21-10)17-7-9(3)12(18)16-14(17)19/h1,7,10-11,13H,5-6,8H2,2-3H3,(H2,16,17,19);1,7,10-11,13H,5-6,8H2,2-3H3,(H,16,18,19)/t2*10?,11-,13-,15+/m11/s1. The van der Waals surface area contributed by atoms with E-state index in [0.717, 1.165) is 0 Å². The zero-order valence-corrected chi connectivity index (χ0v) is 25.1. The molecule has 0 amide bonds. The molecule has 0 saturated carbocycles. The number of aromatic nitrogens is 4. The number of nitrogens with two attached hydrogens (primary N) is 1. The summed E-state index contributed by atoms with van der Waals surface area (Å²) >= 11 is 0. The minimum absolute atomic E-state index is 0.155. The third-order valence-corrected chi connectivity index (χ3v) is 8.70. The van der Waals surface area contributed by atoms with Crippen LogP contribution in [0.3, 0.4) is 0 Å². The van der Waals surface area contributed by atoms with Crippen molar-refractivity contribution in [3.05, 3.63) is 54.8 Å². The second kappa shape index (κ2) is 12.3. The highest BCUT2D eigenvalue weighted by Crippen LogP contribution is 2.49. The van der Waals surface area contributed by atoms with Crippen LogP contribution in [0, 0.1) is 38.5 Å². The van der Waals surface area contributed by atoms with E-state index in [1.54, 1.807) is 20.0 Å². The van der Waals surface area contributed by atoms with E-state index in [2.05, 4.69) is 21.8 Å². The first-order valence-electron chi connectivity index (χ1n) is 14.4. The lowest BCUT2D eigenvalue weighted by atomic mass is 9.96. The Balaban J connectivity index is 0.000000175. The second-order valence-electron chi connectivity index (χ2n) is 11.3. The summed E-state index contributed by atoms with van der Waals surface area (Å²) in [5.74, 6) is 5.11. The molecule has 0 aliphatic carbocycles. The Morgan fingerprint density at radius 1 is 0.932 bits per heavy atom. The number of rotatable bonds is 8. The molecule has 4 saturated heterocycles. The van der Waals surface area contributed by atoms with Crippen LogP contribution in [0.25, 0.3) is 0 Å². The van der Waals surface area contributed by atoms with Crippen LogP contribution in [0.5, 0.6) is 0 Å². The molecule has 0 radical (unpaired) electrons. The molecule has 14 heteroatoms. The SMILES string of the molecule is C#CCO[C@@H]1C2OC[C@]1(CC)O[C@H]2n1cc(C)c(=O)[nH]c1=O.C#CCO[C@@H]1C2OC[C@]1(CC)O[C@H]2n1cc(C)c(N)nc1=O. The predicted octanol–water partition coefficient (Wildman–Crippen LogP) is 0.169. The molecule has 4 aliphatic rings. The Morgan fingerprint density at radius 2 is 1.43 bits per heavy atom. The van der Waals surface area contributed by atoms with Gasteiger partial charge in [0.05, 0.1) is 13.2 Å². The number of anilines is 1. The Morgan fingerprint density at radius 3 is 1.93 bits per heavy atom. The van der Waals surface area contributed by atoms with Crippen LogP contribution in [-0.2, 0) is 28.4 Å².